The molecule has 0 bridgehead atoms. The third-order valence-electron chi connectivity index (χ3n) is 2.16. The number of nitrogens with zero attached hydrogens (tertiary/aromatic N) is 2. The molecule has 1 rings (SSSR count). The van der Waals surface area contributed by atoms with Crippen molar-refractivity contribution in [3.05, 3.63) is 27.9 Å². The lowest BCUT2D eigenvalue weighted by molar-refractivity contribution is -0.384. The van der Waals surface area contributed by atoms with Crippen molar-refractivity contribution in [3.63, 3.8) is 0 Å². The van der Waals surface area contributed by atoms with Gasteiger partial charge in [-0.15, -0.1) is 0 Å². The maximum Gasteiger partial charge on any atom is 0.354 e. The number of carboxylic acid groups (broad SMARTS) is 1. The van der Waals surface area contributed by atoms with E-state index in [4.69, 9.17) is 5.11 Å². The van der Waals surface area contributed by atoms with Crippen LogP contribution in [0.15, 0.2) is 12.1 Å². The number of rotatable bonds is 6. The third kappa shape index (κ3) is 4.19. The summed E-state index contributed by atoms with van der Waals surface area (Å²) in [4.78, 5) is 35.9. The molecule has 108 valence electrons. The SMILES string of the molecule is CC(C)NC(=O)CNc1nc(C(=O)O)ccc1[N+](=O)[O-]. The first-order chi connectivity index (χ1) is 9.31. The van der Waals surface area contributed by atoms with Crippen LogP contribution in [0.5, 0.6) is 0 Å². The molecule has 0 saturated heterocycles. The second-order valence-corrected chi connectivity index (χ2v) is 4.20. The maximum absolute atomic E-state index is 11.4. The number of hydrogen-bond donors (Lipinski definition) is 3. The molecule has 0 aliphatic rings. The van der Waals surface area contributed by atoms with E-state index in [1.54, 1.807) is 13.8 Å². The van der Waals surface area contributed by atoms with Crippen LogP contribution < -0.4 is 10.6 Å². The van der Waals surface area contributed by atoms with Gasteiger partial charge < -0.3 is 15.7 Å². The molecular formula is C11H14N4O5. The van der Waals surface area contributed by atoms with Gasteiger partial charge in [0.2, 0.25) is 11.7 Å². The number of amides is 1. The lowest BCUT2D eigenvalue weighted by Gasteiger charge is -2.10. The van der Waals surface area contributed by atoms with Gasteiger partial charge >= 0.3 is 11.7 Å². The van der Waals surface area contributed by atoms with Crippen LogP contribution in [-0.4, -0.2) is 39.5 Å². The molecule has 0 spiro atoms. The fourth-order valence-electron chi connectivity index (χ4n) is 1.39. The zero-order valence-corrected chi connectivity index (χ0v) is 10.9. The molecular weight excluding hydrogens is 268 g/mol. The quantitative estimate of drug-likeness (QED) is 0.514. The van der Waals surface area contributed by atoms with Crippen LogP contribution in [-0.2, 0) is 4.79 Å². The van der Waals surface area contributed by atoms with E-state index in [1.807, 2.05) is 0 Å². The number of anilines is 1. The standard InChI is InChI=1S/C11H14N4O5/c1-6(2)13-9(16)5-12-10-8(15(19)20)4-3-7(14-10)11(17)18/h3-4,6H,5H2,1-2H3,(H,12,14)(H,13,16)(H,17,18). The molecule has 9 heteroatoms. The lowest BCUT2D eigenvalue weighted by Crippen LogP contribution is -2.35. The summed E-state index contributed by atoms with van der Waals surface area (Å²) < 4.78 is 0. The number of nitro groups is 1. The molecule has 1 amide bonds. The average molecular weight is 282 g/mol. The van der Waals surface area contributed by atoms with Gasteiger partial charge in [-0.3, -0.25) is 14.9 Å². The van der Waals surface area contributed by atoms with Gasteiger partial charge in [-0.2, -0.15) is 0 Å². The topological polar surface area (TPSA) is 134 Å². The van der Waals surface area contributed by atoms with Crippen LogP contribution in [0.25, 0.3) is 0 Å². The van der Waals surface area contributed by atoms with Crippen molar-refractivity contribution in [3.8, 4) is 0 Å². The monoisotopic (exact) mass is 282 g/mol. The van der Waals surface area contributed by atoms with E-state index in [0.29, 0.717) is 0 Å². The van der Waals surface area contributed by atoms with E-state index in [-0.39, 0.29) is 30.0 Å². The largest absolute Gasteiger partial charge is 0.477 e. The van der Waals surface area contributed by atoms with Gasteiger partial charge in [0.05, 0.1) is 11.5 Å². The Morgan fingerprint density at radius 3 is 2.60 bits per heavy atom. The minimum absolute atomic E-state index is 0.0717. The second kappa shape index (κ2) is 6.45. The first-order valence-corrected chi connectivity index (χ1v) is 5.73. The first-order valence-electron chi connectivity index (χ1n) is 5.73. The Morgan fingerprint density at radius 1 is 1.45 bits per heavy atom. The smallest absolute Gasteiger partial charge is 0.354 e. The summed E-state index contributed by atoms with van der Waals surface area (Å²) in [6.07, 6.45) is 0. The van der Waals surface area contributed by atoms with Crippen molar-refractivity contribution < 1.29 is 19.6 Å². The van der Waals surface area contributed by atoms with Gasteiger partial charge in [0.15, 0.2) is 5.69 Å². The van der Waals surface area contributed by atoms with Gasteiger partial charge in [-0.1, -0.05) is 0 Å². The Labute approximate surface area is 114 Å². The Balaban J connectivity index is 2.90. The van der Waals surface area contributed by atoms with Crippen molar-refractivity contribution in [1.29, 1.82) is 0 Å². The molecule has 1 aromatic heterocycles. The van der Waals surface area contributed by atoms with Crippen LogP contribution in [0.1, 0.15) is 24.3 Å². The van der Waals surface area contributed by atoms with Crippen LogP contribution >= 0.6 is 0 Å². The normalized spacial score (nSPS) is 10.2. The van der Waals surface area contributed by atoms with Crippen LogP contribution in [0, 0.1) is 10.1 Å². The van der Waals surface area contributed by atoms with Gasteiger partial charge in [0.25, 0.3) is 0 Å². The van der Waals surface area contributed by atoms with Gasteiger partial charge in [-0.25, -0.2) is 9.78 Å². The minimum Gasteiger partial charge on any atom is -0.477 e. The Hall–Kier alpha value is -2.71. The zero-order valence-electron chi connectivity index (χ0n) is 10.9. The summed E-state index contributed by atoms with van der Waals surface area (Å²) in [5.74, 6) is -1.94. The van der Waals surface area contributed by atoms with E-state index < -0.39 is 16.6 Å². The Kier molecular flexibility index (Phi) is 4.95. The highest BCUT2D eigenvalue weighted by Crippen LogP contribution is 2.21. The summed E-state index contributed by atoms with van der Waals surface area (Å²) in [6.45, 7) is 3.29. The highest BCUT2D eigenvalue weighted by molar-refractivity contribution is 5.87. The fourth-order valence-corrected chi connectivity index (χ4v) is 1.39. The number of pyridine rings is 1. The predicted molar refractivity (Wildman–Crippen MR) is 69.6 cm³/mol. The summed E-state index contributed by atoms with van der Waals surface area (Å²) >= 11 is 0. The molecule has 0 aromatic carbocycles. The van der Waals surface area contributed by atoms with Crippen molar-refractivity contribution in [2.75, 3.05) is 11.9 Å². The second-order valence-electron chi connectivity index (χ2n) is 4.20. The van der Waals surface area contributed by atoms with E-state index in [0.717, 1.165) is 12.1 Å². The van der Waals surface area contributed by atoms with Crippen molar-refractivity contribution >= 4 is 23.4 Å². The van der Waals surface area contributed by atoms with Gasteiger partial charge in [-0.05, 0) is 19.9 Å². The van der Waals surface area contributed by atoms with Crippen molar-refractivity contribution in [2.45, 2.75) is 19.9 Å². The Morgan fingerprint density at radius 2 is 2.10 bits per heavy atom. The van der Waals surface area contributed by atoms with Crippen LogP contribution in [0.3, 0.4) is 0 Å². The molecule has 0 unspecified atom stereocenters. The number of aromatic carboxylic acids is 1. The molecule has 0 radical (unpaired) electrons. The van der Waals surface area contributed by atoms with E-state index in [1.165, 1.54) is 0 Å². The third-order valence-corrected chi connectivity index (χ3v) is 2.16. The summed E-state index contributed by atoms with van der Waals surface area (Å²) in [7, 11) is 0. The van der Waals surface area contributed by atoms with Gasteiger partial charge in [0.1, 0.15) is 0 Å². The first kappa shape index (κ1) is 15.3. The molecule has 0 aliphatic heterocycles. The minimum atomic E-state index is -1.31. The molecule has 0 atom stereocenters. The van der Waals surface area contributed by atoms with Gasteiger partial charge in [0, 0.05) is 12.1 Å². The number of nitrogens with one attached hydrogen (secondary N) is 2. The van der Waals surface area contributed by atoms with E-state index >= 15 is 0 Å². The molecule has 20 heavy (non-hydrogen) atoms. The van der Waals surface area contributed by atoms with E-state index in [9.17, 15) is 19.7 Å². The molecule has 0 fully saturated rings. The summed E-state index contributed by atoms with van der Waals surface area (Å²) in [5.41, 5.74) is -0.741. The summed E-state index contributed by atoms with van der Waals surface area (Å²) in [5, 5.41) is 24.6. The average Bonchev–Trinajstić information content (AvgIpc) is 2.34. The predicted octanol–water partition coefficient (Wildman–Crippen LogP) is 0.625. The number of aromatic nitrogens is 1. The van der Waals surface area contributed by atoms with Crippen molar-refractivity contribution in [1.82, 2.24) is 10.3 Å². The number of carbonyl (C=O) groups is 2. The number of carboxylic acids is 1. The molecule has 3 N–H and O–H groups in total. The van der Waals surface area contributed by atoms with Crippen LogP contribution in [0.4, 0.5) is 11.5 Å². The fraction of sp³-hybridized carbons (Fsp3) is 0.364. The Bertz CT molecular complexity index is 544. The molecule has 9 nitrogen and oxygen atoms in total. The molecule has 1 heterocycles. The zero-order chi connectivity index (χ0) is 15.3. The molecule has 0 aliphatic carbocycles. The lowest BCUT2D eigenvalue weighted by atomic mass is 10.3. The summed E-state index contributed by atoms with van der Waals surface area (Å²) in [6, 6.07) is 1.98. The highest BCUT2D eigenvalue weighted by atomic mass is 16.6. The van der Waals surface area contributed by atoms with Crippen LogP contribution in [0.2, 0.25) is 0 Å². The molecule has 1 aromatic rings. The molecule has 0 saturated carbocycles. The van der Waals surface area contributed by atoms with E-state index in [2.05, 4.69) is 15.6 Å². The van der Waals surface area contributed by atoms with Crippen molar-refractivity contribution in [2.24, 2.45) is 0 Å². The maximum atomic E-state index is 11.4. The highest BCUT2D eigenvalue weighted by Gasteiger charge is 2.19. The number of carbonyl (C=O) groups excluding carboxylic acids is 1. The number of hydrogen-bond acceptors (Lipinski definition) is 6.